The van der Waals surface area contributed by atoms with E-state index in [1.54, 1.807) is 0 Å². The van der Waals surface area contributed by atoms with Gasteiger partial charge >= 0.3 is 0 Å². The highest BCUT2D eigenvalue weighted by Gasteiger charge is 2.06. The maximum Gasteiger partial charge on any atom is 0.223 e. The summed E-state index contributed by atoms with van der Waals surface area (Å²) in [5, 5.41) is 4.53. The lowest BCUT2D eigenvalue weighted by atomic mass is 10.1. The zero-order valence-corrected chi connectivity index (χ0v) is 10.2. The molecule has 0 amide bonds. The van der Waals surface area contributed by atoms with Gasteiger partial charge in [0.25, 0.3) is 0 Å². The zero-order chi connectivity index (χ0) is 11.5. The van der Waals surface area contributed by atoms with Gasteiger partial charge in [-0.2, -0.15) is 0 Å². The van der Waals surface area contributed by atoms with Gasteiger partial charge in [-0.15, -0.1) is 0 Å². The van der Waals surface area contributed by atoms with E-state index in [-0.39, 0.29) is 0 Å². The first-order chi connectivity index (χ1) is 7.70. The molecule has 84 valence electrons. The third kappa shape index (κ3) is 2.31. The highest BCUT2D eigenvalue weighted by Crippen LogP contribution is 2.19. The van der Waals surface area contributed by atoms with Crippen LogP contribution in [0.5, 0.6) is 0 Å². The topological polar surface area (TPSA) is 37.8 Å². The smallest absolute Gasteiger partial charge is 0.223 e. The fraction of sp³-hybridized carbons (Fsp3) is 0.333. The Bertz CT molecular complexity index is 511. The quantitative estimate of drug-likeness (QED) is 0.830. The number of aromatic nitrogens is 2. The van der Waals surface area contributed by atoms with Crippen molar-refractivity contribution in [2.75, 3.05) is 13.6 Å². The lowest BCUT2D eigenvalue weighted by molar-refractivity contribution is 0.779. The van der Waals surface area contributed by atoms with Crippen LogP contribution >= 0.6 is 11.6 Å². The lowest BCUT2D eigenvalue weighted by Crippen LogP contribution is -2.11. The predicted octanol–water partition coefficient (Wildman–Crippen LogP) is 2.35. The van der Waals surface area contributed by atoms with Crippen molar-refractivity contribution in [3.05, 3.63) is 34.7 Å². The van der Waals surface area contributed by atoms with E-state index in [4.69, 9.17) is 11.6 Å². The fourth-order valence-electron chi connectivity index (χ4n) is 1.71. The number of hydrogen-bond acceptors (Lipinski definition) is 3. The van der Waals surface area contributed by atoms with Gasteiger partial charge < -0.3 is 5.32 Å². The summed E-state index contributed by atoms with van der Waals surface area (Å²) in [6.45, 7) is 2.95. The normalized spacial score (nSPS) is 10.9. The minimum absolute atomic E-state index is 0.322. The number of likely N-dealkylation sites (N-methyl/N-ethyl adjacent to an activating group) is 1. The van der Waals surface area contributed by atoms with Crippen LogP contribution in [0, 0.1) is 6.92 Å². The zero-order valence-electron chi connectivity index (χ0n) is 9.42. The number of hydrogen-bond donors (Lipinski definition) is 1. The molecule has 1 aromatic heterocycles. The van der Waals surface area contributed by atoms with Crippen LogP contribution in [-0.4, -0.2) is 23.6 Å². The molecule has 0 saturated carbocycles. The molecule has 2 aromatic rings. The maximum atomic E-state index is 5.90. The van der Waals surface area contributed by atoms with E-state index in [2.05, 4.69) is 28.3 Å². The summed E-state index contributed by atoms with van der Waals surface area (Å²) >= 11 is 5.90. The van der Waals surface area contributed by atoms with Crippen LogP contribution < -0.4 is 5.32 Å². The van der Waals surface area contributed by atoms with Gasteiger partial charge in [-0.25, -0.2) is 9.97 Å². The number of rotatable bonds is 3. The summed E-state index contributed by atoms with van der Waals surface area (Å²) in [5.41, 5.74) is 3.13. The fourth-order valence-corrected chi connectivity index (χ4v) is 1.90. The average molecular weight is 236 g/mol. The predicted molar refractivity (Wildman–Crippen MR) is 66.9 cm³/mol. The molecule has 3 nitrogen and oxygen atoms in total. The molecule has 0 aliphatic heterocycles. The average Bonchev–Trinajstić information content (AvgIpc) is 2.26. The molecule has 0 saturated heterocycles. The van der Waals surface area contributed by atoms with Crippen molar-refractivity contribution in [1.82, 2.24) is 15.3 Å². The van der Waals surface area contributed by atoms with Crippen molar-refractivity contribution < 1.29 is 0 Å². The lowest BCUT2D eigenvalue weighted by Gasteiger charge is -2.06. The third-order valence-electron chi connectivity index (χ3n) is 2.51. The summed E-state index contributed by atoms with van der Waals surface area (Å²) in [6, 6.07) is 6.13. The molecule has 4 heteroatoms. The van der Waals surface area contributed by atoms with Crippen LogP contribution in [0.25, 0.3) is 10.9 Å². The van der Waals surface area contributed by atoms with Crippen LogP contribution in [0.2, 0.25) is 5.28 Å². The number of fused-ring (bicyclic) bond motifs is 1. The molecule has 1 aromatic carbocycles. The Balaban J connectivity index is 2.55. The highest BCUT2D eigenvalue weighted by molar-refractivity contribution is 6.28. The molecule has 0 atom stereocenters. The number of benzene rings is 1. The second kappa shape index (κ2) is 4.76. The van der Waals surface area contributed by atoms with Crippen LogP contribution in [0.15, 0.2) is 18.2 Å². The van der Waals surface area contributed by atoms with Crippen molar-refractivity contribution in [3.8, 4) is 0 Å². The van der Waals surface area contributed by atoms with Gasteiger partial charge in [0.2, 0.25) is 5.28 Å². The molecule has 0 radical (unpaired) electrons. The highest BCUT2D eigenvalue weighted by atomic mass is 35.5. The van der Waals surface area contributed by atoms with Gasteiger partial charge in [-0.1, -0.05) is 11.6 Å². The number of aryl methyl sites for hydroxylation is 1. The van der Waals surface area contributed by atoms with E-state index in [9.17, 15) is 0 Å². The van der Waals surface area contributed by atoms with Gasteiger partial charge in [0.15, 0.2) is 0 Å². The Morgan fingerprint density at radius 1 is 1.31 bits per heavy atom. The molecular formula is C12H14ClN3. The molecule has 0 fully saturated rings. The maximum absolute atomic E-state index is 5.90. The number of nitrogens with zero attached hydrogens (tertiary/aromatic N) is 2. The van der Waals surface area contributed by atoms with Crippen LogP contribution in [0.3, 0.4) is 0 Å². The third-order valence-corrected chi connectivity index (χ3v) is 2.68. The molecule has 0 unspecified atom stereocenters. The van der Waals surface area contributed by atoms with Gasteiger partial charge in [0.1, 0.15) is 0 Å². The minimum atomic E-state index is 0.322. The Hall–Kier alpha value is -1.19. The summed E-state index contributed by atoms with van der Waals surface area (Å²) in [6.07, 6.45) is 0.860. The summed E-state index contributed by atoms with van der Waals surface area (Å²) < 4.78 is 0. The van der Waals surface area contributed by atoms with Gasteiger partial charge in [0.05, 0.1) is 11.2 Å². The van der Waals surface area contributed by atoms with Crippen LogP contribution in [-0.2, 0) is 6.42 Å². The largest absolute Gasteiger partial charge is 0.319 e. The molecule has 0 bridgehead atoms. The van der Waals surface area contributed by atoms with Gasteiger partial charge in [-0.3, -0.25) is 0 Å². The van der Waals surface area contributed by atoms with Crippen molar-refractivity contribution in [1.29, 1.82) is 0 Å². The monoisotopic (exact) mass is 235 g/mol. The summed E-state index contributed by atoms with van der Waals surface area (Å²) in [5.74, 6) is 0. The Kier molecular flexibility index (Phi) is 3.36. The van der Waals surface area contributed by atoms with Crippen molar-refractivity contribution in [2.24, 2.45) is 0 Å². The standard InChI is InChI=1S/C12H14ClN3/c1-8-3-4-10-9(7-8)11(5-6-14-2)16-12(13)15-10/h3-4,7,14H,5-6H2,1-2H3. The molecule has 1 N–H and O–H groups in total. The van der Waals surface area contributed by atoms with Crippen molar-refractivity contribution >= 4 is 22.5 Å². The number of nitrogens with one attached hydrogen (secondary N) is 1. The van der Waals surface area contributed by atoms with E-state index in [1.165, 1.54) is 5.56 Å². The summed E-state index contributed by atoms with van der Waals surface area (Å²) in [7, 11) is 1.93. The SMILES string of the molecule is CNCCc1nc(Cl)nc2ccc(C)cc12. The van der Waals surface area contributed by atoms with Crippen LogP contribution in [0.1, 0.15) is 11.3 Å². The van der Waals surface area contributed by atoms with E-state index >= 15 is 0 Å². The minimum Gasteiger partial charge on any atom is -0.319 e. The van der Waals surface area contributed by atoms with Gasteiger partial charge in [-0.05, 0) is 37.7 Å². The van der Waals surface area contributed by atoms with E-state index in [1.807, 2.05) is 19.2 Å². The van der Waals surface area contributed by atoms with Crippen molar-refractivity contribution in [3.63, 3.8) is 0 Å². The molecule has 16 heavy (non-hydrogen) atoms. The van der Waals surface area contributed by atoms with E-state index in [0.717, 1.165) is 29.6 Å². The first-order valence-electron chi connectivity index (χ1n) is 5.28. The first kappa shape index (κ1) is 11.3. The molecular weight excluding hydrogens is 222 g/mol. The molecule has 0 spiro atoms. The molecule has 0 aliphatic rings. The van der Waals surface area contributed by atoms with E-state index in [0.29, 0.717) is 5.28 Å². The summed E-state index contributed by atoms with van der Waals surface area (Å²) in [4.78, 5) is 8.51. The Morgan fingerprint density at radius 3 is 2.88 bits per heavy atom. The second-order valence-corrected chi connectivity index (χ2v) is 4.15. The number of halogens is 1. The Labute approximate surface area is 99.9 Å². The molecule has 1 heterocycles. The first-order valence-corrected chi connectivity index (χ1v) is 5.66. The Morgan fingerprint density at radius 2 is 2.12 bits per heavy atom. The molecule has 2 rings (SSSR count). The van der Waals surface area contributed by atoms with Gasteiger partial charge in [0, 0.05) is 18.4 Å². The van der Waals surface area contributed by atoms with Crippen molar-refractivity contribution in [2.45, 2.75) is 13.3 Å². The van der Waals surface area contributed by atoms with E-state index < -0.39 is 0 Å². The second-order valence-electron chi connectivity index (χ2n) is 3.81. The molecule has 0 aliphatic carbocycles. The van der Waals surface area contributed by atoms with Crippen LogP contribution in [0.4, 0.5) is 0 Å².